The predicted molar refractivity (Wildman–Crippen MR) is 66.2 cm³/mol. The van der Waals surface area contributed by atoms with Crippen molar-refractivity contribution in [1.82, 2.24) is 10.2 Å². The van der Waals surface area contributed by atoms with Crippen LogP contribution in [0.15, 0.2) is 0 Å². The van der Waals surface area contributed by atoms with Gasteiger partial charge in [0.2, 0.25) is 0 Å². The molecule has 19 heavy (non-hydrogen) atoms. The summed E-state index contributed by atoms with van der Waals surface area (Å²) in [7, 11) is 1.60. The minimum Gasteiger partial charge on any atom is -0.382 e. The van der Waals surface area contributed by atoms with E-state index >= 15 is 0 Å². The van der Waals surface area contributed by atoms with Gasteiger partial charge in [-0.3, -0.25) is 0 Å². The first-order chi connectivity index (χ1) is 9.04. The number of hydrogen-bond donors (Lipinski definition) is 1. The standard InChI is InChI=1S/C12H23F3N2O2/c1-18-7-8-19-6-2-4-17-5-3-16-9-11(10-17)12(13,14)15/h11,16H,2-10H2,1H3. The van der Waals surface area contributed by atoms with Crippen LogP contribution in [-0.2, 0) is 9.47 Å². The molecule has 0 amide bonds. The summed E-state index contributed by atoms with van der Waals surface area (Å²) in [6.45, 7) is 3.64. The average Bonchev–Trinajstić information content (AvgIpc) is 2.58. The number of halogens is 3. The summed E-state index contributed by atoms with van der Waals surface area (Å²) in [4.78, 5) is 1.86. The molecule has 114 valence electrons. The van der Waals surface area contributed by atoms with Crippen LogP contribution in [0.1, 0.15) is 6.42 Å². The lowest BCUT2D eigenvalue weighted by Crippen LogP contribution is -2.38. The molecule has 0 radical (unpaired) electrons. The summed E-state index contributed by atoms with van der Waals surface area (Å²) in [6.07, 6.45) is -3.38. The molecular formula is C12H23F3N2O2. The Kier molecular flexibility index (Phi) is 7.67. The lowest BCUT2D eigenvalue weighted by atomic mass is 10.1. The normalized spacial score (nSPS) is 22.4. The van der Waals surface area contributed by atoms with Crippen molar-refractivity contribution < 1.29 is 22.6 Å². The molecule has 1 saturated heterocycles. The van der Waals surface area contributed by atoms with Crippen LogP contribution in [-0.4, -0.2) is 70.7 Å². The monoisotopic (exact) mass is 284 g/mol. The lowest BCUT2D eigenvalue weighted by Gasteiger charge is -2.25. The van der Waals surface area contributed by atoms with Gasteiger partial charge in [0, 0.05) is 46.4 Å². The highest BCUT2D eigenvalue weighted by Gasteiger charge is 2.40. The molecule has 0 aliphatic carbocycles. The van der Waals surface area contributed by atoms with Crippen LogP contribution in [0.3, 0.4) is 0 Å². The average molecular weight is 284 g/mol. The van der Waals surface area contributed by atoms with Gasteiger partial charge in [-0.25, -0.2) is 0 Å². The first-order valence-electron chi connectivity index (χ1n) is 6.60. The molecule has 0 spiro atoms. The van der Waals surface area contributed by atoms with Crippen molar-refractivity contribution in [2.24, 2.45) is 5.92 Å². The van der Waals surface area contributed by atoms with Crippen LogP contribution >= 0.6 is 0 Å². The zero-order valence-electron chi connectivity index (χ0n) is 11.3. The van der Waals surface area contributed by atoms with E-state index in [0.29, 0.717) is 39.5 Å². The second kappa shape index (κ2) is 8.73. The number of methoxy groups -OCH3 is 1. The summed E-state index contributed by atoms with van der Waals surface area (Å²) in [6, 6.07) is 0. The molecule has 1 rings (SSSR count). The van der Waals surface area contributed by atoms with Crippen LogP contribution in [0.4, 0.5) is 13.2 Å². The minimum absolute atomic E-state index is 0.0182. The number of nitrogens with one attached hydrogen (secondary N) is 1. The highest BCUT2D eigenvalue weighted by molar-refractivity contribution is 4.78. The van der Waals surface area contributed by atoms with E-state index in [1.54, 1.807) is 7.11 Å². The number of rotatable bonds is 7. The Morgan fingerprint density at radius 1 is 1.26 bits per heavy atom. The number of alkyl halides is 3. The second-order valence-corrected chi connectivity index (χ2v) is 4.70. The molecule has 1 N–H and O–H groups in total. The summed E-state index contributed by atoms with van der Waals surface area (Å²) in [5.74, 6) is -1.27. The third-order valence-electron chi connectivity index (χ3n) is 3.13. The molecule has 0 aromatic carbocycles. The Bertz CT molecular complexity index is 240. The zero-order valence-corrected chi connectivity index (χ0v) is 11.3. The molecule has 7 heteroatoms. The second-order valence-electron chi connectivity index (χ2n) is 4.70. The fraction of sp³-hybridized carbons (Fsp3) is 1.00. The van der Waals surface area contributed by atoms with Crippen molar-refractivity contribution in [1.29, 1.82) is 0 Å². The molecular weight excluding hydrogens is 261 g/mol. The van der Waals surface area contributed by atoms with E-state index in [1.165, 1.54) is 0 Å². The van der Waals surface area contributed by atoms with Crippen LogP contribution < -0.4 is 5.32 Å². The molecule has 0 saturated carbocycles. The maximum atomic E-state index is 12.7. The Balaban J connectivity index is 2.20. The van der Waals surface area contributed by atoms with E-state index in [1.807, 2.05) is 4.90 Å². The highest BCUT2D eigenvalue weighted by Crippen LogP contribution is 2.27. The van der Waals surface area contributed by atoms with Crippen molar-refractivity contribution in [3.8, 4) is 0 Å². The van der Waals surface area contributed by atoms with E-state index in [0.717, 1.165) is 6.42 Å². The first-order valence-corrected chi connectivity index (χ1v) is 6.60. The van der Waals surface area contributed by atoms with Crippen molar-refractivity contribution in [3.63, 3.8) is 0 Å². The molecule has 1 aliphatic rings. The summed E-state index contributed by atoms with van der Waals surface area (Å²) in [5, 5.41) is 2.84. The Morgan fingerprint density at radius 2 is 2.05 bits per heavy atom. The van der Waals surface area contributed by atoms with Crippen molar-refractivity contribution >= 4 is 0 Å². The third kappa shape index (κ3) is 7.10. The van der Waals surface area contributed by atoms with Gasteiger partial charge in [0.05, 0.1) is 19.1 Å². The zero-order chi connectivity index (χ0) is 14.1. The Labute approximate surface area is 112 Å². The van der Waals surface area contributed by atoms with Crippen molar-refractivity contribution in [2.45, 2.75) is 12.6 Å². The summed E-state index contributed by atoms with van der Waals surface area (Å²) in [5.41, 5.74) is 0. The first kappa shape index (κ1) is 16.7. The van der Waals surface area contributed by atoms with Gasteiger partial charge < -0.3 is 19.7 Å². The van der Waals surface area contributed by atoms with Crippen LogP contribution in [0.25, 0.3) is 0 Å². The van der Waals surface area contributed by atoms with Crippen molar-refractivity contribution in [2.75, 3.05) is 59.7 Å². The molecule has 1 heterocycles. The molecule has 0 bridgehead atoms. The summed E-state index contributed by atoms with van der Waals surface area (Å²) < 4.78 is 48.3. The van der Waals surface area contributed by atoms with Gasteiger partial charge in [-0.1, -0.05) is 0 Å². The number of ether oxygens (including phenoxy) is 2. The van der Waals surface area contributed by atoms with Crippen molar-refractivity contribution in [3.05, 3.63) is 0 Å². The van der Waals surface area contributed by atoms with Gasteiger partial charge in [0.25, 0.3) is 0 Å². The van der Waals surface area contributed by atoms with E-state index in [4.69, 9.17) is 9.47 Å². The van der Waals surface area contributed by atoms with Gasteiger partial charge in [-0.2, -0.15) is 13.2 Å². The van der Waals surface area contributed by atoms with E-state index in [9.17, 15) is 13.2 Å². The third-order valence-corrected chi connectivity index (χ3v) is 3.13. The van der Waals surface area contributed by atoms with Gasteiger partial charge in [0.15, 0.2) is 0 Å². The van der Waals surface area contributed by atoms with Crippen LogP contribution in [0.2, 0.25) is 0 Å². The van der Waals surface area contributed by atoms with E-state index < -0.39 is 12.1 Å². The topological polar surface area (TPSA) is 33.7 Å². The molecule has 1 fully saturated rings. The number of hydrogen-bond acceptors (Lipinski definition) is 4. The fourth-order valence-corrected chi connectivity index (χ4v) is 2.04. The molecule has 1 unspecified atom stereocenters. The fourth-order valence-electron chi connectivity index (χ4n) is 2.04. The summed E-state index contributed by atoms with van der Waals surface area (Å²) >= 11 is 0. The Morgan fingerprint density at radius 3 is 2.74 bits per heavy atom. The smallest absolute Gasteiger partial charge is 0.382 e. The SMILES string of the molecule is COCCOCCCN1CCNCC(C(F)(F)F)C1. The molecule has 1 aliphatic heterocycles. The Hall–Kier alpha value is -0.370. The maximum Gasteiger partial charge on any atom is 0.394 e. The lowest BCUT2D eigenvalue weighted by molar-refractivity contribution is -0.175. The number of nitrogens with zero attached hydrogens (tertiary/aromatic N) is 1. The quantitative estimate of drug-likeness (QED) is 0.711. The largest absolute Gasteiger partial charge is 0.394 e. The van der Waals surface area contributed by atoms with Crippen LogP contribution in [0, 0.1) is 5.92 Å². The van der Waals surface area contributed by atoms with E-state index in [-0.39, 0.29) is 13.1 Å². The molecule has 1 atom stereocenters. The maximum absolute atomic E-state index is 12.7. The minimum atomic E-state index is -4.12. The van der Waals surface area contributed by atoms with Gasteiger partial charge in [-0.05, 0) is 6.42 Å². The molecule has 0 aromatic heterocycles. The predicted octanol–water partition coefficient (Wildman–Crippen LogP) is 1.12. The molecule has 0 aromatic rings. The van der Waals surface area contributed by atoms with Crippen LogP contribution in [0.5, 0.6) is 0 Å². The van der Waals surface area contributed by atoms with E-state index in [2.05, 4.69) is 5.32 Å². The molecule has 4 nitrogen and oxygen atoms in total. The van der Waals surface area contributed by atoms with Gasteiger partial charge >= 0.3 is 6.18 Å². The van der Waals surface area contributed by atoms with Gasteiger partial charge in [0.1, 0.15) is 0 Å². The highest BCUT2D eigenvalue weighted by atomic mass is 19.4. The van der Waals surface area contributed by atoms with Gasteiger partial charge in [-0.15, -0.1) is 0 Å².